The Morgan fingerprint density at radius 1 is 1.21 bits per heavy atom. The zero-order valence-electron chi connectivity index (χ0n) is 16.1. The van der Waals surface area contributed by atoms with Crippen LogP contribution in [-0.4, -0.2) is 37.4 Å². The van der Waals surface area contributed by atoms with Crippen molar-refractivity contribution in [1.29, 1.82) is 0 Å². The fourth-order valence-electron chi connectivity index (χ4n) is 2.70. The standard InChI is InChI=1S/C18H24BrF3N2O4/c1-16(2,3)17(28-15(23)26,10-18(20,21)22)14(25)24-8-7-11-5-6-12(19)13(9-11)27-4/h5-6,9H,7-8,10H2,1-4H3,(H2,23,26)(H,24,25)/t17-/m1/s1. The first-order valence-corrected chi connectivity index (χ1v) is 9.17. The van der Waals surface area contributed by atoms with Crippen LogP contribution in [0.1, 0.15) is 32.8 Å². The number of halogens is 4. The SMILES string of the molecule is COc1cc(CCNC(=O)[C@@](CC(F)(F)F)(OC(N)=O)C(C)(C)C)ccc1Br. The Balaban J connectivity index is 3.01. The van der Waals surface area contributed by atoms with Crippen LogP contribution >= 0.6 is 15.9 Å². The number of hydrogen-bond acceptors (Lipinski definition) is 4. The van der Waals surface area contributed by atoms with Crippen molar-refractivity contribution in [2.45, 2.75) is 45.4 Å². The van der Waals surface area contributed by atoms with Gasteiger partial charge in [-0.25, -0.2) is 4.79 Å². The molecule has 0 unspecified atom stereocenters. The zero-order valence-corrected chi connectivity index (χ0v) is 17.7. The van der Waals surface area contributed by atoms with Crippen molar-refractivity contribution >= 4 is 27.9 Å². The maximum atomic E-state index is 13.2. The van der Waals surface area contributed by atoms with E-state index < -0.39 is 35.6 Å². The van der Waals surface area contributed by atoms with E-state index in [4.69, 9.17) is 15.2 Å². The van der Waals surface area contributed by atoms with Crippen LogP contribution in [0.5, 0.6) is 5.75 Å². The number of alkyl halides is 3. The number of primary amides is 1. The highest BCUT2D eigenvalue weighted by Gasteiger charge is 2.57. The van der Waals surface area contributed by atoms with Crippen LogP contribution in [0, 0.1) is 5.41 Å². The van der Waals surface area contributed by atoms with Crippen molar-refractivity contribution in [2.24, 2.45) is 11.1 Å². The Kier molecular flexibility index (Phi) is 7.75. The Morgan fingerprint density at radius 3 is 2.29 bits per heavy atom. The van der Waals surface area contributed by atoms with Gasteiger partial charge in [-0.1, -0.05) is 26.8 Å². The fraction of sp³-hybridized carbons (Fsp3) is 0.556. The van der Waals surface area contributed by atoms with Gasteiger partial charge in [0.05, 0.1) is 18.0 Å². The van der Waals surface area contributed by atoms with E-state index in [1.165, 1.54) is 27.9 Å². The molecule has 0 aliphatic carbocycles. The molecule has 1 rings (SSSR count). The lowest BCUT2D eigenvalue weighted by Gasteiger charge is -2.42. The van der Waals surface area contributed by atoms with Gasteiger partial charge in [0.15, 0.2) is 0 Å². The molecule has 0 aromatic heterocycles. The van der Waals surface area contributed by atoms with Gasteiger partial charge in [-0.3, -0.25) is 4.79 Å². The quantitative estimate of drug-likeness (QED) is 0.633. The van der Waals surface area contributed by atoms with Crippen molar-refractivity contribution in [3.63, 3.8) is 0 Å². The predicted octanol–water partition coefficient (Wildman–Crippen LogP) is 3.95. The molecule has 0 heterocycles. The molecule has 10 heteroatoms. The van der Waals surface area contributed by atoms with Crippen LogP contribution < -0.4 is 15.8 Å². The van der Waals surface area contributed by atoms with Gasteiger partial charge < -0.3 is 20.5 Å². The average molecular weight is 469 g/mol. The van der Waals surface area contributed by atoms with Crippen molar-refractivity contribution in [3.8, 4) is 5.75 Å². The number of amides is 2. The molecule has 28 heavy (non-hydrogen) atoms. The number of ether oxygens (including phenoxy) is 2. The Bertz CT molecular complexity index is 720. The third-order valence-electron chi connectivity index (χ3n) is 4.22. The molecule has 0 fully saturated rings. The summed E-state index contributed by atoms with van der Waals surface area (Å²) in [5.74, 6) is -0.470. The minimum atomic E-state index is -4.75. The summed E-state index contributed by atoms with van der Waals surface area (Å²) in [6, 6.07) is 5.28. The summed E-state index contributed by atoms with van der Waals surface area (Å²) in [6.07, 6.45) is -7.52. The van der Waals surface area contributed by atoms with Gasteiger partial charge in [0, 0.05) is 12.0 Å². The van der Waals surface area contributed by atoms with Crippen molar-refractivity contribution in [3.05, 3.63) is 28.2 Å². The van der Waals surface area contributed by atoms with Crippen LogP contribution in [-0.2, 0) is 16.0 Å². The van der Waals surface area contributed by atoms with E-state index in [0.717, 1.165) is 10.0 Å². The highest BCUT2D eigenvalue weighted by atomic mass is 79.9. The maximum absolute atomic E-state index is 13.2. The third-order valence-corrected chi connectivity index (χ3v) is 4.87. The van der Waals surface area contributed by atoms with E-state index >= 15 is 0 Å². The third kappa shape index (κ3) is 6.29. The minimum absolute atomic E-state index is 0.0292. The van der Waals surface area contributed by atoms with E-state index in [-0.39, 0.29) is 6.54 Å². The highest BCUT2D eigenvalue weighted by Crippen LogP contribution is 2.42. The molecule has 0 spiro atoms. The summed E-state index contributed by atoms with van der Waals surface area (Å²) in [5.41, 5.74) is 1.92. The van der Waals surface area contributed by atoms with Gasteiger partial charge in [-0.15, -0.1) is 0 Å². The lowest BCUT2D eigenvalue weighted by Crippen LogP contribution is -2.60. The summed E-state index contributed by atoms with van der Waals surface area (Å²) in [6.45, 7) is 4.16. The second-order valence-electron chi connectivity index (χ2n) is 7.26. The molecule has 158 valence electrons. The first-order chi connectivity index (χ1) is 12.7. The predicted molar refractivity (Wildman–Crippen MR) is 101 cm³/mol. The van der Waals surface area contributed by atoms with Gasteiger partial charge in [-0.05, 0) is 40.0 Å². The normalized spacial score (nSPS) is 14.1. The number of methoxy groups -OCH3 is 1. The summed E-state index contributed by atoms with van der Waals surface area (Å²) >= 11 is 3.32. The topological polar surface area (TPSA) is 90.7 Å². The molecule has 1 aromatic carbocycles. The molecule has 6 nitrogen and oxygen atoms in total. The molecule has 0 aliphatic heterocycles. The minimum Gasteiger partial charge on any atom is -0.496 e. The number of hydrogen-bond donors (Lipinski definition) is 2. The molecule has 0 radical (unpaired) electrons. The molecule has 1 aromatic rings. The van der Waals surface area contributed by atoms with E-state index in [1.54, 1.807) is 18.2 Å². The van der Waals surface area contributed by atoms with Gasteiger partial charge in [0.2, 0.25) is 5.60 Å². The second-order valence-corrected chi connectivity index (χ2v) is 8.12. The second kappa shape index (κ2) is 9.02. The summed E-state index contributed by atoms with van der Waals surface area (Å²) in [4.78, 5) is 24.0. The number of rotatable bonds is 7. The molecular formula is C18H24BrF3N2O4. The van der Waals surface area contributed by atoms with Crippen molar-refractivity contribution in [2.75, 3.05) is 13.7 Å². The van der Waals surface area contributed by atoms with Gasteiger partial charge in [0.25, 0.3) is 5.91 Å². The Hall–Kier alpha value is -1.97. The van der Waals surface area contributed by atoms with Crippen LogP contribution in [0.2, 0.25) is 0 Å². The fourth-order valence-corrected chi connectivity index (χ4v) is 3.11. The number of nitrogens with one attached hydrogen (secondary N) is 1. The number of carbonyl (C=O) groups excluding carboxylic acids is 2. The lowest BCUT2D eigenvalue weighted by molar-refractivity contribution is -0.202. The molecule has 3 N–H and O–H groups in total. The molecular weight excluding hydrogens is 445 g/mol. The average Bonchev–Trinajstić information content (AvgIpc) is 2.52. The molecule has 0 saturated carbocycles. The number of nitrogens with two attached hydrogens (primary N) is 1. The Morgan fingerprint density at radius 2 is 1.82 bits per heavy atom. The van der Waals surface area contributed by atoms with E-state index in [1.807, 2.05) is 0 Å². The largest absolute Gasteiger partial charge is 0.496 e. The van der Waals surface area contributed by atoms with E-state index in [0.29, 0.717) is 12.2 Å². The number of benzene rings is 1. The summed E-state index contributed by atoms with van der Waals surface area (Å²) in [5, 5.41) is 2.43. The van der Waals surface area contributed by atoms with Crippen molar-refractivity contribution < 1.29 is 32.2 Å². The molecule has 0 bridgehead atoms. The van der Waals surface area contributed by atoms with Gasteiger partial charge in [-0.2, -0.15) is 13.2 Å². The van der Waals surface area contributed by atoms with E-state index in [9.17, 15) is 22.8 Å². The zero-order chi connectivity index (χ0) is 21.8. The number of carbonyl (C=O) groups is 2. The molecule has 2 amide bonds. The first kappa shape index (κ1) is 24.1. The van der Waals surface area contributed by atoms with Gasteiger partial charge in [0.1, 0.15) is 5.75 Å². The van der Waals surface area contributed by atoms with Gasteiger partial charge >= 0.3 is 12.3 Å². The van der Waals surface area contributed by atoms with Crippen LogP contribution in [0.15, 0.2) is 22.7 Å². The Labute approximate surface area is 170 Å². The summed E-state index contributed by atoms with van der Waals surface area (Å²) < 4.78 is 50.2. The molecule has 0 saturated heterocycles. The highest BCUT2D eigenvalue weighted by molar-refractivity contribution is 9.10. The smallest absolute Gasteiger partial charge is 0.405 e. The first-order valence-electron chi connectivity index (χ1n) is 8.38. The molecule has 1 atom stereocenters. The van der Waals surface area contributed by atoms with Crippen LogP contribution in [0.25, 0.3) is 0 Å². The van der Waals surface area contributed by atoms with Crippen LogP contribution in [0.3, 0.4) is 0 Å². The van der Waals surface area contributed by atoms with E-state index in [2.05, 4.69) is 21.2 Å². The van der Waals surface area contributed by atoms with Crippen LogP contribution in [0.4, 0.5) is 18.0 Å². The van der Waals surface area contributed by atoms with Crippen molar-refractivity contribution in [1.82, 2.24) is 5.32 Å². The maximum Gasteiger partial charge on any atom is 0.405 e. The summed E-state index contributed by atoms with van der Waals surface area (Å²) in [7, 11) is 1.50. The monoisotopic (exact) mass is 468 g/mol. The molecule has 0 aliphatic rings. The lowest BCUT2D eigenvalue weighted by atomic mass is 9.73.